The van der Waals surface area contributed by atoms with Gasteiger partial charge in [-0.25, -0.2) is 0 Å². The summed E-state index contributed by atoms with van der Waals surface area (Å²) >= 11 is 12.4. The molecule has 0 atom stereocenters. The van der Waals surface area contributed by atoms with E-state index in [1.54, 1.807) is 24.5 Å². The number of piperazine rings is 1. The molecule has 1 aliphatic heterocycles. The first-order valence-electron chi connectivity index (χ1n) is 12.8. The van der Waals surface area contributed by atoms with Crippen molar-refractivity contribution in [2.75, 3.05) is 26.2 Å². The summed E-state index contributed by atoms with van der Waals surface area (Å²) in [4.78, 5) is 34.3. The van der Waals surface area contributed by atoms with Gasteiger partial charge in [0, 0.05) is 56.2 Å². The number of nitrogens with two attached hydrogens (primary N) is 1. The first-order valence-corrected chi connectivity index (χ1v) is 13.6. The summed E-state index contributed by atoms with van der Waals surface area (Å²) in [7, 11) is 0. The van der Waals surface area contributed by atoms with Crippen LogP contribution in [0.2, 0.25) is 10.0 Å². The van der Waals surface area contributed by atoms with Crippen LogP contribution in [0.3, 0.4) is 0 Å². The van der Waals surface area contributed by atoms with E-state index >= 15 is 0 Å². The number of aromatic nitrogens is 1. The van der Waals surface area contributed by atoms with Crippen molar-refractivity contribution in [1.82, 2.24) is 14.8 Å². The Labute approximate surface area is 237 Å². The van der Waals surface area contributed by atoms with Gasteiger partial charge in [0.2, 0.25) is 5.91 Å². The molecular formula is C31H26Cl2N4O2. The number of pyridine rings is 1. The van der Waals surface area contributed by atoms with Gasteiger partial charge in [-0.2, -0.15) is 0 Å². The first kappa shape index (κ1) is 25.6. The molecule has 2 aliphatic rings. The molecule has 1 aliphatic carbocycles. The molecule has 2 amide bonds. The van der Waals surface area contributed by atoms with Crippen LogP contribution in [0, 0.1) is 0 Å². The number of halogens is 2. The van der Waals surface area contributed by atoms with Crippen molar-refractivity contribution in [3.05, 3.63) is 111 Å². The molecule has 6 nitrogen and oxygen atoms in total. The molecule has 0 bridgehead atoms. The first-order chi connectivity index (χ1) is 18.9. The fraction of sp³-hybridized carbons (Fsp3) is 0.194. The van der Waals surface area contributed by atoms with E-state index < -0.39 is 5.91 Å². The van der Waals surface area contributed by atoms with Crippen molar-refractivity contribution in [2.45, 2.75) is 13.0 Å². The second-order valence-corrected chi connectivity index (χ2v) is 10.8. The largest absolute Gasteiger partial charge is 0.366 e. The second-order valence-electron chi connectivity index (χ2n) is 10.0. The molecule has 2 heterocycles. The maximum atomic E-state index is 13.5. The predicted octanol–water partition coefficient (Wildman–Crippen LogP) is 5.68. The van der Waals surface area contributed by atoms with Crippen molar-refractivity contribution < 1.29 is 9.59 Å². The van der Waals surface area contributed by atoms with E-state index in [0.717, 1.165) is 53.0 Å². The Morgan fingerprint density at radius 1 is 0.821 bits per heavy atom. The van der Waals surface area contributed by atoms with Gasteiger partial charge in [-0.15, -0.1) is 0 Å². The van der Waals surface area contributed by atoms with Gasteiger partial charge in [-0.05, 0) is 93.9 Å². The van der Waals surface area contributed by atoms with E-state index in [2.05, 4.69) is 9.88 Å². The van der Waals surface area contributed by atoms with E-state index in [9.17, 15) is 9.59 Å². The molecule has 0 radical (unpaired) electrons. The van der Waals surface area contributed by atoms with Gasteiger partial charge < -0.3 is 10.6 Å². The quantitative estimate of drug-likeness (QED) is 0.302. The topological polar surface area (TPSA) is 79.5 Å². The van der Waals surface area contributed by atoms with Crippen molar-refractivity contribution in [1.29, 1.82) is 0 Å². The minimum absolute atomic E-state index is 0.0190. The van der Waals surface area contributed by atoms with Crippen LogP contribution in [-0.4, -0.2) is 52.8 Å². The van der Waals surface area contributed by atoms with Gasteiger partial charge >= 0.3 is 0 Å². The Morgan fingerprint density at radius 3 is 2.31 bits per heavy atom. The molecule has 196 valence electrons. The number of amides is 2. The fourth-order valence-corrected chi connectivity index (χ4v) is 5.81. The van der Waals surface area contributed by atoms with Crippen LogP contribution in [0.4, 0.5) is 0 Å². The van der Waals surface area contributed by atoms with Crippen LogP contribution in [0.5, 0.6) is 0 Å². The SMILES string of the molecule is NC(=O)c1cc(-c2ccc(Cl)c(Cl)c2)cc2c1Cc1ccc(C(=O)N3CCN(Cc4ccncc4)CC3)cc1-2. The van der Waals surface area contributed by atoms with E-state index in [4.69, 9.17) is 28.9 Å². The number of benzene rings is 3. The number of carbonyl (C=O) groups excluding carboxylic acids is 2. The number of rotatable bonds is 5. The Morgan fingerprint density at radius 2 is 1.59 bits per heavy atom. The normalized spacial score (nSPS) is 14.7. The zero-order valence-electron chi connectivity index (χ0n) is 21.2. The smallest absolute Gasteiger partial charge is 0.253 e. The maximum Gasteiger partial charge on any atom is 0.253 e. The number of hydrogen-bond acceptors (Lipinski definition) is 4. The van der Waals surface area contributed by atoms with Crippen molar-refractivity contribution in [3.8, 4) is 22.3 Å². The standard InChI is InChI=1S/C31H26Cl2N4O2/c32-28-4-3-20(17-29(28)33)23-15-25-24-14-22(2-1-21(24)13-26(25)27(16-23)30(34)38)31(39)37-11-9-36(10-12-37)18-19-5-7-35-8-6-19/h1-8,14-17H,9-13,18H2,(H2,34,38). The molecular weight excluding hydrogens is 531 g/mol. The van der Waals surface area contributed by atoms with Gasteiger partial charge in [-0.1, -0.05) is 35.3 Å². The Kier molecular flexibility index (Phi) is 6.85. The average Bonchev–Trinajstić information content (AvgIpc) is 3.32. The third-order valence-electron chi connectivity index (χ3n) is 7.60. The van der Waals surface area contributed by atoms with E-state index in [1.165, 1.54) is 5.56 Å². The predicted molar refractivity (Wildman–Crippen MR) is 154 cm³/mol. The van der Waals surface area contributed by atoms with E-state index in [1.807, 2.05) is 53.4 Å². The number of nitrogens with zero attached hydrogens (tertiary/aromatic N) is 3. The van der Waals surface area contributed by atoms with Crippen LogP contribution in [0.25, 0.3) is 22.3 Å². The molecule has 39 heavy (non-hydrogen) atoms. The summed E-state index contributed by atoms with van der Waals surface area (Å²) in [5, 5.41) is 0.896. The highest BCUT2D eigenvalue weighted by Gasteiger charge is 2.27. The van der Waals surface area contributed by atoms with Crippen molar-refractivity contribution in [2.24, 2.45) is 5.73 Å². The summed E-state index contributed by atoms with van der Waals surface area (Å²) in [6.45, 7) is 3.83. The van der Waals surface area contributed by atoms with E-state index in [-0.39, 0.29) is 5.91 Å². The Balaban J connectivity index is 1.27. The highest BCUT2D eigenvalue weighted by Crippen LogP contribution is 2.42. The Hall–Kier alpha value is -3.71. The van der Waals surface area contributed by atoms with Gasteiger partial charge in [0.05, 0.1) is 10.0 Å². The summed E-state index contributed by atoms with van der Waals surface area (Å²) in [5.41, 5.74) is 13.6. The van der Waals surface area contributed by atoms with Crippen molar-refractivity contribution >= 4 is 35.0 Å². The van der Waals surface area contributed by atoms with Crippen molar-refractivity contribution in [3.63, 3.8) is 0 Å². The molecule has 8 heteroatoms. The van der Waals surface area contributed by atoms with Crippen LogP contribution < -0.4 is 5.73 Å². The summed E-state index contributed by atoms with van der Waals surface area (Å²) in [6.07, 6.45) is 4.20. The minimum Gasteiger partial charge on any atom is -0.366 e. The minimum atomic E-state index is -0.484. The summed E-state index contributed by atoms with van der Waals surface area (Å²) in [5.74, 6) is -0.465. The molecule has 0 saturated carbocycles. The molecule has 6 rings (SSSR count). The number of fused-ring (bicyclic) bond motifs is 3. The monoisotopic (exact) mass is 556 g/mol. The average molecular weight is 557 g/mol. The lowest BCUT2D eigenvalue weighted by Crippen LogP contribution is -2.48. The molecule has 1 saturated heterocycles. The molecule has 0 unspecified atom stereocenters. The molecule has 3 aromatic carbocycles. The molecule has 2 N–H and O–H groups in total. The Bertz CT molecular complexity index is 1600. The van der Waals surface area contributed by atoms with Crippen LogP contribution in [0.15, 0.2) is 73.1 Å². The number of hydrogen-bond donors (Lipinski definition) is 1. The molecule has 0 spiro atoms. The van der Waals surface area contributed by atoms with Crippen LogP contribution in [0.1, 0.15) is 37.4 Å². The van der Waals surface area contributed by atoms with Crippen LogP contribution in [-0.2, 0) is 13.0 Å². The van der Waals surface area contributed by atoms with Crippen LogP contribution >= 0.6 is 23.2 Å². The zero-order valence-corrected chi connectivity index (χ0v) is 22.7. The van der Waals surface area contributed by atoms with E-state index in [0.29, 0.717) is 40.7 Å². The fourth-order valence-electron chi connectivity index (χ4n) is 5.51. The maximum absolute atomic E-state index is 13.5. The number of carbonyl (C=O) groups is 2. The molecule has 1 aromatic heterocycles. The number of primary amides is 1. The second kappa shape index (κ2) is 10.5. The third kappa shape index (κ3) is 5.03. The summed E-state index contributed by atoms with van der Waals surface area (Å²) in [6, 6.07) is 19.1. The van der Waals surface area contributed by atoms with Gasteiger partial charge in [-0.3, -0.25) is 19.5 Å². The highest BCUT2D eigenvalue weighted by atomic mass is 35.5. The van der Waals surface area contributed by atoms with Gasteiger partial charge in [0.15, 0.2) is 0 Å². The molecule has 1 fully saturated rings. The van der Waals surface area contributed by atoms with Gasteiger partial charge in [0.1, 0.15) is 0 Å². The zero-order chi connectivity index (χ0) is 27.1. The highest BCUT2D eigenvalue weighted by molar-refractivity contribution is 6.42. The summed E-state index contributed by atoms with van der Waals surface area (Å²) < 4.78 is 0. The lowest BCUT2D eigenvalue weighted by atomic mass is 9.93. The van der Waals surface area contributed by atoms with Gasteiger partial charge in [0.25, 0.3) is 5.91 Å². The molecule has 4 aromatic rings. The lowest BCUT2D eigenvalue weighted by molar-refractivity contribution is 0.0628. The third-order valence-corrected chi connectivity index (χ3v) is 8.34. The lowest BCUT2D eigenvalue weighted by Gasteiger charge is -2.34.